The SMILES string of the molecule is CC(N)c1cccnc1OCC1CCOC1. The van der Waals surface area contributed by atoms with Crippen LogP contribution in [0, 0.1) is 5.92 Å². The summed E-state index contributed by atoms with van der Waals surface area (Å²) in [4.78, 5) is 4.22. The van der Waals surface area contributed by atoms with E-state index in [2.05, 4.69) is 4.98 Å². The maximum absolute atomic E-state index is 5.85. The normalized spacial score (nSPS) is 22.0. The van der Waals surface area contributed by atoms with E-state index in [9.17, 15) is 0 Å². The van der Waals surface area contributed by atoms with Gasteiger partial charge in [0.15, 0.2) is 0 Å². The lowest BCUT2D eigenvalue weighted by Crippen LogP contribution is -2.15. The number of pyridine rings is 1. The molecule has 0 amide bonds. The van der Waals surface area contributed by atoms with Crippen molar-refractivity contribution < 1.29 is 9.47 Å². The highest BCUT2D eigenvalue weighted by Gasteiger charge is 2.17. The van der Waals surface area contributed by atoms with Gasteiger partial charge in [0.05, 0.1) is 13.2 Å². The molecule has 1 aliphatic rings. The van der Waals surface area contributed by atoms with Gasteiger partial charge in [-0.1, -0.05) is 6.07 Å². The maximum Gasteiger partial charge on any atom is 0.218 e. The van der Waals surface area contributed by atoms with E-state index in [4.69, 9.17) is 15.2 Å². The minimum Gasteiger partial charge on any atom is -0.477 e. The monoisotopic (exact) mass is 222 g/mol. The molecule has 4 nitrogen and oxygen atoms in total. The van der Waals surface area contributed by atoms with Gasteiger partial charge in [-0.05, 0) is 19.4 Å². The average molecular weight is 222 g/mol. The molecular weight excluding hydrogens is 204 g/mol. The van der Waals surface area contributed by atoms with Gasteiger partial charge in [-0.2, -0.15) is 0 Å². The summed E-state index contributed by atoms with van der Waals surface area (Å²) in [6.45, 7) is 4.23. The van der Waals surface area contributed by atoms with Gasteiger partial charge in [-0.15, -0.1) is 0 Å². The van der Waals surface area contributed by atoms with Gasteiger partial charge in [0, 0.05) is 30.3 Å². The van der Waals surface area contributed by atoms with Crippen molar-refractivity contribution in [2.24, 2.45) is 11.7 Å². The van der Waals surface area contributed by atoms with Crippen LogP contribution < -0.4 is 10.5 Å². The molecule has 0 bridgehead atoms. The molecule has 0 aromatic carbocycles. The molecule has 16 heavy (non-hydrogen) atoms. The van der Waals surface area contributed by atoms with Crippen LogP contribution in [0.25, 0.3) is 0 Å². The Morgan fingerprint density at radius 2 is 2.56 bits per heavy atom. The molecule has 2 rings (SSSR count). The summed E-state index contributed by atoms with van der Waals surface area (Å²) in [6, 6.07) is 3.78. The van der Waals surface area contributed by atoms with Crippen molar-refractivity contribution in [3.63, 3.8) is 0 Å². The van der Waals surface area contributed by atoms with E-state index in [1.54, 1.807) is 6.20 Å². The van der Waals surface area contributed by atoms with Crippen molar-refractivity contribution in [2.45, 2.75) is 19.4 Å². The Bertz CT molecular complexity index is 336. The Morgan fingerprint density at radius 1 is 1.69 bits per heavy atom. The first kappa shape index (κ1) is 11.4. The molecule has 2 N–H and O–H groups in total. The van der Waals surface area contributed by atoms with Crippen LogP contribution in [-0.4, -0.2) is 24.8 Å². The van der Waals surface area contributed by atoms with Crippen LogP contribution in [0.5, 0.6) is 5.88 Å². The summed E-state index contributed by atoms with van der Waals surface area (Å²) in [6.07, 6.45) is 2.80. The van der Waals surface area contributed by atoms with E-state index in [0.29, 0.717) is 18.4 Å². The third-order valence-corrected chi connectivity index (χ3v) is 2.77. The lowest BCUT2D eigenvalue weighted by atomic mass is 10.1. The zero-order chi connectivity index (χ0) is 11.4. The highest BCUT2D eigenvalue weighted by molar-refractivity contribution is 5.28. The highest BCUT2D eigenvalue weighted by atomic mass is 16.5. The van der Waals surface area contributed by atoms with Crippen molar-refractivity contribution in [3.8, 4) is 5.88 Å². The fourth-order valence-corrected chi connectivity index (χ4v) is 1.78. The first-order valence-corrected chi connectivity index (χ1v) is 5.68. The van der Waals surface area contributed by atoms with Crippen LogP contribution in [0.1, 0.15) is 24.9 Å². The quantitative estimate of drug-likeness (QED) is 0.839. The second-order valence-corrected chi connectivity index (χ2v) is 4.23. The van der Waals surface area contributed by atoms with E-state index in [1.165, 1.54) is 0 Å². The number of hydrogen-bond donors (Lipinski definition) is 1. The minimum atomic E-state index is -0.0523. The Kier molecular flexibility index (Phi) is 3.74. The van der Waals surface area contributed by atoms with Crippen molar-refractivity contribution in [3.05, 3.63) is 23.9 Å². The third kappa shape index (κ3) is 2.71. The van der Waals surface area contributed by atoms with Gasteiger partial charge >= 0.3 is 0 Å². The van der Waals surface area contributed by atoms with Crippen LogP contribution in [0.3, 0.4) is 0 Å². The third-order valence-electron chi connectivity index (χ3n) is 2.77. The number of nitrogens with zero attached hydrogens (tertiary/aromatic N) is 1. The van der Waals surface area contributed by atoms with Crippen LogP contribution in [-0.2, 0) is 4.74 Å². The lowest BCUT2D eigenvalue weighted by molar-refractivity contribution is 0.165. The fourth-order valence-electron chi connectivity index (χ4n) is 1.78. The van der Waals surface area contributed by atoms with Gasteiger partial charge < -0.3 is 15.2 Å². The predicted molar refractivity (Wildman–Crippen MR) is 61.3 cm³/mol. The zero-order valence-electron chi connectivity index (χ0n) is 9.56. The summed E-state index contributed by atoms with van der Waals surface area (Å²) < 4.78 is 11.0. The Hall–Kier alpha value is -1.13. The van der Waals surface area contributed by atoms with Gasteiger partial charge in [-0.3, -0.25) is 0 Å². The number of rotatable bonds is 4. The van der Waals surface area contributed by atoms with Crippen molar-refractivity contribution >= 4 is 0 Å². The molecule has 0 saturated carbocycles. The van der Waals surface area contributed by atoms with Crippen molar-refractivity contribution in [2.75, 3.05) is 19.8 Å². The van der Waals surface area contributed by atoms with Crippen molar-refractivity contribution in [1.29, 1.82) is 0 Å². The van der Waals surface area contributed by atoms with Crippen LogP contribution in [0.4, 0.5) is 0 Å². The molecule has 2 unspecified atom stereocenters. The van der Waals surface area contributed by atoms with E-state index in [1.807, 2.05) is 19.1 Å². The van der Waals surface area contributed by atoms with Gasteiger partial charge in [-0.25, -0.2) is 4.98 Å². The Morgan fingerprint density at radius 3 is 3.25 bits per heavy atom. The number of ether oxygens (including phenoxy) is 2. The summed E-state index contributed by atoms with van der Waals surface area (Å²) in [5.74, 6) is 1.15. The summed E-state index contributed by atoms with van der Waals surface area (Å²) in [5, 5.41) is 0. The number of hydrogen-bond acceptors (Lipinski definition) is 4. The molecule has 88 valence electrons. The maximum atomic E-state index is 5.85. The molecule has 0 spiro atoms. The fraction of sp³-hybridized carbons (Fsp3) is 0.583. The highest BCUT2D eigenvalue weighted by Crippen LogP contribution is 2.22. The Labute approximate surface area is 95.8 Å². The van der Waals surface area contributed by atoms with Gasteiger partial charge in [0.25, 0.3) is 0 Å². The second kappa shape index (κ2) is 5.27. The van der Waals surface area contributed by atoms with E-state index >= 15 is 0 Å². The lowest BCUT2D eigenvalue weighted by Gasteiger charge is -2.14. The molecule has 1 aromatic rings. The van der Waals surface area contributed by atoms with E-state index in [-0.39, 0.29) is 6.04 Å². The predicted octanol–water partition coefficient (Wildman–Crippen LogP) is 1.52. The first-order valence-electron chi connectivity index (χ1n) is 5.68. The molecule has 1 saturated heterocycles. The molecule has 1 aliphatic heterocycles. The number of aromatic nitrogens is 1. The zero-order valence-corrected chi connectivity index (χ0v) is 9.56. The van der Waals surface area contributed by atoms with Gasteiger partial charge in [0.2, 0.25) is 5.88 Å². The van der Waals surface area contributed by atoms with Crippen molar-refractivity contribution in [1.82, 2.24) is 4.98 Å². The van der Waals surface area contributed by atoms with E-state index in [0.717, 1.165) is 25.2 Å². The summed E-state index contributed by atoms with van der Waals surface area (Å²) >= 11 is 0. The molecule has 2 atom stereocenters. The molecule has 2 heterocycles. The van der Waals surface area contributed by atoms with E-state index < -0.39 is 0 Å². The average Bonchev–Trinajstić information content (AvgIpc) is 2.79. The molecule has 1 aromatic heterocycles. The summed E-state index contributed by atoms with van der Waals surface area (Å²) in [7, 11) is 0. The minimum absolute atomic E-state index is 0.0523. The largest absolute Gasteiger partial charge is 0.477 e. The van der Waals surface area contributed by atoms with Crippen LogP contribution in [0.2, 0.25) is 0 Å². The molecule has 4 heteroatoms. The molecular formula is C12H18N2O2. The molecule has 0 aliphatic carbocycles. The molecule has 1 fully saturated rings. The first-order chi connectivity index (χ1) is 7.77. The van der Waals surface area contributed by atoms with Crippen LogP contribution >= 0.6 is 0 Å². The smallest absolute Gasteiger partial charge is 0.218 e. The molecule has 0 radical (unpaired) electrons. The summed E-state index contributed by atoms with van der Waals surface area (Å²) in [5.41, 5.74) is 6.81. The van der Waals surface area contributed by atoms with Crippen LogP contribution in [0.15, 0.2) is 18.3 Å². The second-order valence-electron chi connectivity index (χ2n) is 4.23. The topological polar surface area (TPSA) is 57.4 Å². The van der Waals surface area contributed by atoms with Gasteiger partial charge in [0.1, 0.15) is 0 Å². The Balaban J connectivity index is 1.97. The number of nitrogens with two attached hydrogens (primary N) is 1. The standard InChI is InChI=1S/C12H18N2O2/c1-9(13)11-3-2-5-14-12(11)16-8-10-4-6-15-7-10/h2-3,5,9-10H,4,6-8,13H2,1H3.